The van der Waals surface area contributed by atoms with E-state index < -0.39 is 11.9 Å². The molecule has 0 saturated heterocycles. The SMILES string of the molecule is Cc1c(CC(C)C(=O)O)ccc(Cl)c1N. The van der Waals surface area contributed by atoms with Crippen molar-refractivity contribution in [3.8, 4) is 0 Å². The van der Waals surface area contributed by atoms with E-state index in [1.54, 1.807) is 13.0 Å². The van der Waals surface area contributed by atoms with Crippen LogP contribution in [0.2, 0.25) is 5.02 Å². The molecular formula is C11H14ClNO2. The monoisotopic (exact) mass is 227 g/mol. The van der Waals surface area contributed by atoms with E-state index >= 15 is 0 Å². The van der Waals surface area contributed by atoms with Crippen molar-refractivity contribution in [1.29, 1.82) is 0 Å². The molecule has 0 amide bonds. The number of aliphatic carboxylic acids is 1. The summed E-state index contributed by atoms with van der Waals surface area (Å²) in [5.74, 6) is -1.22. The molecule has 0 aliphatic carbocycles. The van der Waals surface area contributed by atoms with Crippen LogP contribution in [0.25, 0.3) is 0 Å². The minimum atomic E-state index is -0.803. The Morgan fingerprint density at radius 2 is 2.20 bits per heavy atom. The van der Waals surface area contributed by atoms with Gasteiger partial charge in [0.2, 0.25) is 0 Å². The van der Waals surface area contributed by atoms with Crippen LogP contribution in [0.3, 0.4) is 0 Å². The number of carbonyl (C=O) groups is 1. The van der Waals surface area contributed by atoms with Gasteiger partial charge in [0, 0.05) is 0 Å². The van der Waals surface area contributed by atoms with Gasteiger partial charge in [-0.25, -0.2) is 0 Å². The number of carboxylic acid groups (broad SMARTS) is 1. The molecule has 4 heteroatoms. The van der Waals surface area contributed by atoms with Crippen LogP contribution in [0, 0.1) is 12.8 Å². The Morgan fingerprint density at radius 1 is 1.60 bits per heavy atom. The normalized spacial score (nSPS) is 12.5. The summed E-state index contributed by atoms with van der Waals surface area (Å²) in [6.45, 7) is 3.53. The number of rotatable bonds is 3. The molecule has 0 bridgehead atoms. The molecule has 0 spiro atoms. The smallest absolute Gasteiger partial charge is 0.306 e. The summed E-state index contributed by atoms with van der Waals surface area (Å²) in [6.07, 6.45) is 0.475. The van der Waals surface area contributed by atoms with E-state index in [-0.39, 0.29) is 0 Å². The third-order valence-electron chi connectivity index (χ3n) is 2.52. The van der Waals surface area contributed by atoms with Crippen molar-refractivity contribution >= 4 is 23.3 Å². The van der Waals surface area contributed by atoms with Crippen molar-refractivity contribution < 1.29 is 9.90 Å². The van der Waals surface area contributed by atoms with Crippen LogP contribution in [0.4, 0.5) is 5.69 Å². The largest absolute Gasteiger partial charge is 0.481 e. The zero-order valence-electron chi connectivity index (χ0n) is 8.75. The number of nitrogens with two attached hydrogens (primary N) is 1. The number of carboxylic acids is 1. The van der Waals surface area contributed by atoms with Crippen LogP contribution >= 0.6 is 11.6 Å². The van der Waals surface area contributed by atoms with Gasteiger partial charge < -0.3 is 10.8 Å². The van der Waals surface area contributed by atoms with Crippen LogP contribution in [0.5, 0.6) is 0 Å². The van der Waals surface area contributed by atoms with E-state index in [9.17, 15) is 4.79 Å². The molecule has 1 aromatic carbocycles. The van der Waals surface area contributed by atoms with Crippen LogP contribution in [0.1, 0.15) is 18.1 Å². The van der Waals surface area contributed by atoms with Gasteiger partial charge in [-0.3, -0.25) is 4.79 Å². The maximum absolute atomic E-state index is 10.7. The first-order valence-corrected chi connectivity index (χ1v) is 5.07. The molecule has 0 aliphatic heterocycles. The highest BCUT2D eigenvalue weighted by molar-refractivity contribution is 6.33. The summed E-state index contributed by atoms with van der Waals surface area (Å²) >= 11 is 5.84. The highest BCUT2D eigenvalue weighted by Gasteiger charge is 2.14. The lowest BCUT2D eigenvalue weighted by molar-refractivity contribution is -0.141. The summed E-state index contributed by atoms with van der Waals surface area (Å²) in [6, 6.07) is 3.53. The molecule has 0 heterocycles. The molecule has 82 valence electrons. The molecule has 1 rings (SSSR count). The third kappa shape index (κ3) is 2.63. The second-order valence-electron chi connectivity index (χ2n) is 3.69. The molecule has 0 radical (unpaired) electrons. The molecule has 15 heavy (non-hydrogen) atoms. The minimum absolute atomic E-state index is 0.413. The van der Waals surface area contributed by atoms with Gasteiger partial charge in [0.05, 0.1) is 16.6 Å². The number of nitrogen functional groups attached to an aromatic ring is 1. The van der Waals surface area contributed by atoms with Crippen molar-refractivity contribution in [2.75, 3.05) is 5.73 Å². The molecule has 3 nitrogen and oxygen atoms in total. The Kier molecular flexibility index (Phi) is 3.58. The fourth-order valence-electron chi connectivity index (χ4n) is 1.38. The van der Waals surface area contributed by atoms with Gasteiger partial charge in [-0.1, -0.05) is 24.6 Å². The average molecular weight is 228 g/mol. The zero-order chi connectivity index (χ0) is 11.6. The molecule has 1 unspecified atom stereocenters. The molecule has 0 aliphatic rings. The van der Waals surface area contributed by atoms with E-state index in [1.165, 1.54) is 0 Å². The highest BCUT2D eigenvalue weighted by atomic mass is 35.5. The number of halogens is 1. The first-order chi connectivity index (χ1) is 6.93. The maximum atomic E-state index is 10.7. The number of anilines is 1. The summed E-state index contributed by atoms with van der Waals surface area (Å²) in [5, 5.41) is 9.31. The van der Waals surface area contributed by atoms with Crippen molar-refractivity contribution in [2.45, 2.75) is 20.3 Å². The van der Waals surface area contributed by atoms with Gasteiger partial charge in [0.15, 0.2) is 0 Å². The van der Waals surface area contributed by atoms with Gasteiger partial charge in [-0.05, 0) is 30.5 Å². The third-order valence-corrected chi connectivity index (χ3v) is 2.85. The van der Waals surface area contributed by atoms with Crippen LogP contribution in [-0.4, -0.2) is 11.1 Å². The minimum Gasteiger partial charge on any atom is -0.481 e. The van der Waals surface area contributed by atoms with Gasteiger partial charge >= 0.3 is 5.97 Å². The van der Waals surface area contributed by atoms with Gasteiger partial charge in [-0.2, -0.15) is 0 Å². The van der Waals surface area contributed by atoms with Gasteiger partial charge in [-0.15, -0.1) is 0 Å². The lowest BCUT2D eigenvalue weighted by atomic mass is 9.96. The Labute approximate surface area is 93.9 Å². The molecule has 0 aromatic heterocycles. The predicted molar refractivity (Wildman–Crippen MR) is 61.1 cm³/mol. The topological polar surface area (TPSA) is 63.3 Å². The quantitative estimate of drug-likeness (QED) is 0.780. The predicted octanol–water partition coefficient (Wildman–Crippen LogP) is 2.49. The van der Waals surface area contributed by atoms with E-state index in [0.29, 0.717) is 17.1 Å². The standard InChI is InChI=1S/C11H14ClNO2/c1-6(11(14)15)5-8-3-4-9(12)10(13)7(8)2/h3-4,6H,5,13H2,1-2H3,(H,14,15). The van der Waals surface area contributed by atoms with E-state index in [4.69, 9.17) is 22.4 Å². The van der Waals surface area contributed by atoms with E-state index in [2.05, 4.69) is 0 Å². The number of hydrogen-bond donors (Lipinski definition) is 2. The first-order valence-electron chi connectivity index (χ1n) is 4.69. The van der Waals surface area contributed by atoms with Crippen molar-refractivity contribution in [3.63, 3.8) is 0 Å². The molecule has 3 N–H and O–H groups in total. The molecule has 0 fully saturated rings. The van der Waals surface area contributed by atoms with Crippen LogP contribution in [0.15, 0.2) is 12.1 Å². The maximum Gasteiger partial charge on any atom is 0.306 e. The lowest BCUT2D eigenvalue weighted by Crippen LogP contribution is -2.13. The number of benzene rings is 1. The summed E-state index contributed by atoms with van der Waals surface area (Å²) in [5.41, 5.74) is 8.10. The van der Waals surface area contributed by atoms with Crippen molar-refractivity contribution in [2.24, 2.45) is 5.92 Å². The first kappa shape index (κ1) is 11.9. The van der Waals surface area contributed by atoms with Crippen LogP contribution in [-0.2, 0) is 11.2 Å². The summed E-state index contributed by atoms with van der Waals surface area (Å²) < 4.78 is 0. The lowest BCUT2D eigenvalue weighted by Gasteiger charge is -2.12. The molecule has 1 aromatic rings. The second-order valence-corrected chi connectivity index (χ2v) is 4.10. The van der Waals surface area contributed by atoms with Crippen molar-refractivity contribution in [3.05, 3.63) is 28.3 Å². The van der Waals surface area contributed by atoms with Gasteiger partial charge in [0.25, 0.3) is 0 Å². The Bertz CT molecular complexity index is 390. The van der Waals surface area contributed by atoms with E-state index in [1.807, 2.05) is 13.0 Å². The fourth-order valence-corrected chi connectivity index (χ4v) is 1.58. The van der Waals surface area contributed by atoms with Crippen molar-refractivity contribution in [1.82, 2.24) is 0 Å². The zero-order valence-corrected chi connectivity index (χ0v) is 9.51. The number of hydrogen-bond acceptors (Lipinski definition) is 2. The Hall–Kier alpha value is -1.22. The van der Waals surface area contributed by atoms with Crippen LogP contribution < -0.4 is 5.73 Å². The fraction of sp³-hybridized carbons (Fsp3) is 0.364. The summed E-state index contributed by atoms with van der Waals surface area (Å²) in [4.78, 5) is 10.7. The second kappa shape index (κ2) is 4.53. The average Bonchev–Trinajstić information content (AvgIpc) is 2.18. The summed E-state index contributed by atoms with van der Waals surface area (Å²) in [7, 11) is 0. The highest BCUT2D eigenvalue weighted by Crippen LogP contribution is 2.26. The molecular weight excluding hydrogens is 214 g/mol. The Balaban J connectivity index is 2.97. The molecule has 0 saturated carbocycles. The molecule has 1 atom stereocenters. The van der Waals surface area contributed by atoms with E-state index in [0.717, 1.165) is 11.1 Å². The van der Waals surface area contributed by atoms with Gasteiger partial charge in [0.1, 0.15) is 0 Å². The Morgan fingerprint density at radius 3 is 2.73 bits per heavy atom.